The van der Waals surface area contributed by atoms with E-state index in [0.29, 0.717) is 18.7 Å². The Balaban J connectivity index is 2.28. The minimum absolute atomic E-state index is 0.347. The third-order valence-electron chi connectivity index (χ3n) is 1.41. The predicted molar refractivity (Wildman–Crippen MR) is 43.8 cm³/mol. The maximum atomic E-state index is 5.47. The van der Waals surface area contributed by atoms with Gasteiger partial charge >= 0.3 is 0 Å². The molecule has 0 bridgehead atoms. The quantitative estimate of drug-likeness (QED) is 0.458. The fourth-order valence-corrected chi connectivity index (χ4v) is 1.37. The Kier molecular flexibility index (Phi) is 2.81. The fraction of sp³-hybridized carbons (Fsp3) is 1.00. The second-order valence-electron chi connectivity index (χ2n) is 2.12. The second-order valence-corrected chi connectivity index (χ2v) is 3.91. The Morgan fingerprint density at radius 1 is 1.78 bits per heavy atom. The van der Waals surface area contributed by atoms with Gasteiger partial charge in [0.2, 0.25) is 0 Å². The smallest absolute Gasteiger partial charge is 0.0983 e. The van der Waals surface area contributed by atoms with Gasteiger partial charge in [-0.25, -0.2) is 0 Å². The van der Waals surface area contributed by atoms with Crippen LogP contribution in [-0.4, -0.2) is 29.7 Å². The number of rotatable bonds is 3. The van der Waals surface area contributed by atoms with Crippen molar-refractivity contribution in [2.24, 2.45) is 5.73 Å². The summed E-state index contributed by atoms with van der Waals surface area (Å²) in [5.74, 6) is 0. The molecule has 1 rings (SSSR count). The molecule has 0 radical (unpaired) electrons. The molecule has 4 atom stereocenters. The van der Waals surface area contributed by atoms with Gasteiger partial charge in [0.05, 0.1) is 18.8 Å². The molecule has 0 aromatic rings. The highest BCUT2D eigenvalue weighted by Gasteiger charge is 2.33. The van der Waals surface area contributed by atoms with Crippen molar-refractivity contribution in [3.63, 3.8) is 0 Å². The van der Waals surface area contributed by atoms with Gasteiger partial charge in [0.1, 0.15) is 0 Å². The first-order valence-corrected chi connectivity index (χ1v) is 3.89. The van der Waals surface area contributed by atoms with Crippen molar-refractivity contribution in [2.45, 2.75) is 12.1 Å². The van der Waals surface area contributed by atoms with Crippen LogP contribution in [0.2, 0.25) is 0 Å². The summed E-state index contributed by atoms with van der Waals surface area (Å²) in [6, 6.07) is 0.347. The van der Waals surface area contributed by atoms with E-state index in [1.54, 1.807) is 0 Å². The van der Waals surface area contributed by atoms with Gasteiger partial charge in [-0.3, -0.25) is 4.44 Å². The minimum atomic E-state index is 0.347. The van der Waals surface area contributed by atoms with Crippen molar-refractivity contribution in [3.05, 3.63) is 0 Å². The maximum Gasteiger partial charge on any atom is 0.0983 e. The molecule has 0 aliphatic carbocycles. The summed E-state index contributed by atoms with van der Waals surface area (Å²) in [5, 5.41) is 0. The van der Waals surface area contributed by atoms with Crippen LogP contribution in [0.3, 0.4) is 0 Å². The molecule has 0 aromatic carbocycles. The van der Waals surface area contributed by atoms with Crippen LogP contribution in [0.1, 0.15) is 0 Å². The third-order valence-corrected chi connectivity index (χ3v) is 2.18. The molecule has 1 aliphatic heterocycles. The first-order chi connectivity index (χ1) is 4.25. The third kappa shape index (κ3) is 2.10. The van der Waals surface area contributed by atoms with Crippen LogP contribution in [0.5, 0.6) is 0 Å². The van der Waals surface area contributed by atoms with Gasteiger partial charge in [-0.1, -0.05) is 18.8 Å². The molecule has 4 unspecified atom stereocenters. The molecule has 3 nitrogen and oxygen atoms in total. The Hall–Kier alpha value is 0.740. The summed E-state index contributed by atoms with van der Waals surface area (Å²) < 4.78 is 7.02. The van der Waals surface area contributed by atoms with Gasteiger partial charge in [0, 0.05) is 6.54 Å². The lowest BCUT2D eigenvalue weighted by Crippen LogP contribution is -2.33. The maximum absolute atomic E-state index is 5.47. The van der Waals surface area contributed by atoms with E-state index in [2.05, 4.69) is 18.8 Å². The molecule has 1 heterocycles. The fourth-order valence-electron chi connectivity index (χ4n) is 0.743. The molecule has 2 N–H and O–H groups in total. The molecule has 5 heteroatoms. The van der Waals surface area contributed by atoms with Crippen LogP contribution in [0.25, 0.3) is 0 Å². The summed E-state index contributed by atoms with van der Waals surface area (Å²) in [7, 11) is 5.12. The van der Waals surface area contributed by atoms with Gasteiger partial charge in [0.25, 0.3) is 0 Å². The average Bonchev–Trinajstić information content (AvgIpc) is 2.50. The Morgan fingerprint density at radius 3 is 2.44 bits per heavy atom. The predicted octanol–water partition coefficient (Wildman–Crippen LogP) is -0.405. The highest BCUT2D eigenvalue weighted by molar-refractivity contribution is 7.30. The van der Waals surface area contributed by atoms with Gasteiger partial charge in [0.15, 0.2) is 0 Å². The van der Waals surface area contributed by atoms with E-state index in [0.717, 1.165) is 6.61 Å². The highest BCUT2D eigenvalue weighted by Crippen LogP contribution is 2.23. The van der Waals surface area contributed by atoms with E-state index in [4.69, 9.17) is 10.5 Å². The molecule has 9 heavy (non-hydrogen) atoms. The molecular weight excluding hydrogens is 154 g/mol. The lowest BCUT2D eigenvalue weighted by molar-refractivity contribution is 0.335. The zero-order valence-corrected chi connectivity index (χ0v) is 7.47. The number of nitrogens with two attached hydrogens (primary N) is 1. The number of ether oxygens (including phenoxy) is 1. The van der Waals surface area contributed by atoms with E-state index in [1.807, 2.05) is 4.44 Å². The zero-order chi connectivity index (χ0) is 6.85. The number of nitrogens with zero attached hydrogens (tertiary/aromatic N) is 1. The largest absolute Gasteiger partial charge is 0.371 e. The van der Waals surface area contributed by atoms with Crippen molar-refractivity contribution in [3.8, 4) is 0 Å². The van der Waals surface area contributed by atoms with Gasteiger partial charge in [-0.2, -0.15) is 0 Å². The first kappa shape index (κ1) is 7.84. The summed E-state index contributed by atoms with van der Waals surface area (Å²) >= 11 is 0. The van der Waals surface area contributed by atoms with Crippen molar-refractivity contribution in [2.75, 3.05) is 13.2 Å². The van der Waals surface area contributed by atoms with Crippen molar-refractivity contribution in [1.82, 2.24) is 4.44 Å². The normalized spacial score (nSPS) is 28.7. The van der Waals surface area contributed by atoms with Crippen molar-refractivity contribution >= 4 is 18.8 Å². The molecule has 0 aromatic heterocycles. The molecule has 0 amide bonds. The van der Waals surface area contributed by atoms with E-state index >= 15 is 0 Å². The monoisotopic (exact) mass is 166 g/mol. The van der Waals surface area contributed by atoms with Crippen LogP contribution in [0, 0.1) is 0 Å². The summed E-state index contributed by atoms with van der Waals surface area (Å²) in [5.41, 5.74) is 5.47. The lowest BCUT2D eigenvalue weighted by atomic mass is 10.2. The molecule has 1 fully saturated rings. The SMILES string of the molecule is NCC(C1CO1)N(P)P. The molecule has 0 spiro atoms. The molecule has 1 saturated heterocycles. The second kappa shape index (κ2) is 3.23. The average molecular weight is 166 g/mol. The van der Waals surface area contributed by atoms with E-state index in [-0.39, 0.29) is 0 Å². The Bertz CT molecular complexity index is 94.6. The minimum Gasteiger partial charge on any atom is -0.371 e. The van der Waals surface area contributed by atoms with Crippen LogP contribution in [0.15, 0.2) is 0 Å². The number of epoxide rings is 1. The topological polar surface area (TPSA) is 41.8 Å². The standard InChI is InChI=1S/C4H12N2OP2/c5-1-3(6(8)9)4-2-7-4/h3-4H,1-2,5,8-9H2. The van der Waals surface area contributed by atoms with E-state index in [1.165, 1.54) is 0 Å². The van der Waals surface area contributed by atoms with Crippen LogP contribution in [-0.2, 0) is 4.74 Å². The van der Waals surface area contributed by atoms with E-state index < -0.39 is 0 Å². The Labute approximate surface area is 59.8 Å². The summed E-state index contributed by atoms with van der Waals surface area (Å²) in [4.78, 5) is 0. The zero-order valence-electron chi connectivity index (χ0n) is 5.16. The summed E-state index contributed by atoms with van der Waals surface area (Å²) in [6.45, 7) is 1.51. The van der Waals surface area contributed by atoms with Gasteiger partial charge in [-0.15, -0.1) is 0 Å². The van der Waals surface area contributed by atoms with Crippen LogP contribution in [0.4, 0.5) is 0 Å². The lowest BCUT2D eigenvalue weighted by Gasteiger charge is -2.18. The van der Waals surface area contributed by atoms with Gasteiger partial charge < -0.3 is 10.5 Å². The highest BCUT2D eigenvalue weighted by atomic mass is 31.1. The first-order valence-electron chi connectivity index (χ1n) is 2.86. The Morgan fingerprint density at radius 2 is 2.33 bits per heavy atom. The van der Waals surface area contributed by atoms with Crippen LogP contribution >= 0.6 is 18.8 Å². The van der Waals surface area contributed by atoms with Crippen LogP contribution < -0.4 is 5.73 Å². The van der Waals surface area contributed by atoms with Crippen molar-refractivity contribution < 1.29 is 4.74 Å². The van der Waals surface area contributed by atoms with Gasteiger partial charge in [-0.05, 0) is 0 Å². The molecule has 0 saturated carbocycles. The number of hydrogen-bond acceptors (Lipinski definition) is 3. The summed E-state index contributed by atoms with van der Waals surface area (Å²) in [6.07, 6.45) is 0.366. The van der Waals surface area contributed by atoms with Crippen molar-refractivity contribution in [1.29, 1.82) is 0 Å². The molecule has 1 aliphatic rings. The molecular formula is C4H12N2OP2. The van der Waals surface area contributed by atoms with E-state index in [9.17, 15) is 0 Å². The number of hydrogen-bond donors (Lipinski definition) is 1. The molecule has 54 valence electrons.